The van der Waals surface area contributed by atoms with Crippen LogP contribution in [0.1, 0.15) is 45.6 Å². The zero-order chi connectivity index (χ0) is 12.5. The van der Waals surface area contributed by atoms with Crippen LogP contribution >= 0.6 is 0 Å². The molecule has 1 aromatic carbocycles. The Bertz CT molecular complexity index is 379. The van der Waals surface area contributed by atoms with Crippen LogP contribution in [0.3, 0.4) is 0 Å². The first kappa shape index (κ1) is 12.4. The predicted octanol–water partition coefficient (Wildman–Crippen LogP) is 3.28. The molecule has 2 unspecified atom stereocenters. The van der Waals surface area contributed by atoms with Gasteiger partial charge >= 0.3 is 0 Å². The molecule has 1 aliphatic carbocycles. The van der Waals surface area contributed by atoms with Gasteiger partial charge < -0.3 is 11.1 Å². The van der Waals surface area contributed by atoms with Gasteiger partial charge in [-0.25, -0.2) is 0 Å². The standard InChI is InChI=1S/C15H24N2/c1-15(2,3)13-6-4-5-7-14(13)17-12-9-8-11(16)10-12/h4-7,11-12,17H,8-10,16H2,1-3H3. The van der Waals surface area contributed by atoms with Crippen molar-refractivity contribution in [2.75, 3.05) is 5.32 Å². The van der Waals surface area contributed by atoms with Crippen LogP contribution in [-0.2, 0) is 5.41 Å². The van der Waals surface area contributed by atoms with Crippen LogP contribution in [0.2, 0.25) is 0 Å². The molecule has 2 rings (SSSR count). The smallest absolute Gasteiger partial charge is 0.0380 e. The number of para-hydroxylation sites is 1. The SMILES string of the molecule is CC(C)(C)c1ccccc1NC1CCC(N)C1. The van der Waals surface area contributed by atoms with Crippen LogP contribution in [0.25, 0.3) is 0 Å². The molecule has 0 amide bonds. The summed E-state index contributed by atoms with van der Waals surface area (Å²) in [5.41, 5.74) is 8.81. The lowest BCUT2D eigenvalue weighted by atomic mass is 9.85. The summed E-state index contributed by atoms with van der Waals surface area (Å²) >= 11 is 0. The monoisotopic (exact) mass is 232 g/mol. The minimum atomic E-state index is 0.185. The molecule has 0 radical (unpaired) electrons. The number of rotatable bonds is 2. The van der Waals surface area contributed by atoms with Gasteiger partial charge in [0.05, 0.1) is 0 Å². The fourth-order valence-corrected chi connectivity index (χ4v) is 2.63. The minimum Gasteiger partial charge on any atom is -0.382 e. The Balaban J connectivity index is 2.15. The highest BCUT2D eigenvalue weighted by Gasteiger charge is 2.24. The maximum atomic E-state index is 5.96. The molecule has 2 heteroatoms. The quantitative estimate of drug-likeness (QED) is 0.821. The van der Waals surface area contributed by atoms with Crippen molar-refractivity contribution in [1.82, 2.24) is 0 Å². The molecule has 94 valence electrons. The maximum Gasteiger partial charge on any atom is 0.0380 e. The average Bonchev–Trinajstić information content (AvgIpc) is 2.63. The Hall–Kier alpha value is -1.02. The molecular formula is C15H24N2. The first-order chi connectivity index (χ1) is 7.97. The van der Waals surface area contributed by atoms with Crippen molar-refractivity contribution in [3.05, 3.63) is 29.8 Å². The Morgan fingerprint density at radius 1 is 1.18 bits per heavy atom. The van der Waals surface area contributed by atoms with E-state index in [0.717, 1.165) is 12.8 Å². The lowest BCUT2D eigenvalue weighted by Crippen LogP contribution is -2.23. The molecule has 1 aliphatic rings. The van der Waals surface area contributed by atoms with Gasteiger partial charge in [-0.3, -0.25) is 0 Å². The first-order valence-corrected chi connectivity index (χ1v) is 6.58. The summed E-state index contributed by atoms with van der Waals surface area (Å²) in [7, 11) is 0. The third-order valence-electron chi connectivity index (χ3n) is 3.57. The molecular weight excluding hydrogens is 208 g/mol. The van der Waals surface area contributed by atoms with Gasteiger partial charge in [0, 0.05) is 17.8 Å². The zero-order valence-electron chi connectivity index (χ0n) is 11.2. The lowest BCUT2D eigenvalue weighted by molar-refractivity contribution is 0.589. The Morgan fingerprint density at radius 3 is 2.47 bits per heavy atom. The van der Waals surface area contributed by atoms with E-state index in [1.165, 1.54) is 17.7 Å². The van der Waals surface area contributed by atoms with Crippen LogP contribution in [0.15, 0.2) is 24.3 Å². The van der Waals surface area contributed by atoms with E-state index in [1.54, 1.807) is 0 Å². The molecule has 1 saturated carbocycles. The van der Waals surface area contributed by atoms with Crippen molar-refractivity contribution in [3.8, 4) is 0 Å². The van der Waals surface area contributed by atoms with Crippen molar-refractivity contribution in [1.29, 1.82) is 0 Å². The van der Waals surface area contributed by atoms with E-state index in [9.17, 15) is 0 Å². The van der Waals surface area contributed by atoms with E-state index < -0.39 is 0 Å². The number of hydrogen-bond acceptors (Lipinski definition) is 2. The fourth-order valence-electron chi connectivity index (χ4n) is 2.63. The minimum absolute atomic E-state index is 0.185. The van der Waals surface area contributed by atoms with Crippen molar-refractivity contribution in [2.24, 2.45) is 5.73 Å². The summed E-state index contributed by atoms with van der Waals surface area (Å²) in [6.07, 6.45) is 3.44. The third-order valence-corrected chi connectivity index (χ3v) is 3.57. The number of anilines is 1. The highest BCUT2D eigenvalue weighted by Crippen LogP contribution is 2.31. The molecule has 0 bridgehead atoms. The first-order valence-electron chi connectivity index (χ1n) is 6.58. The van der Waals surface area contributed by atoms with Gasteiger partial charge in [0.15, 0.2) is 0 Å². The highest BCUT2D eigenvalue weighted by molar-refractivity contribution is 5.54. The lowest BCUT2D eigenvalue weighted by Gasteiger charge is -2.25. The molecule has 1 aromatic rings. The summed E-state index contributed by atoms with van der Waals surface area (Å²) in [6, 6.07) is 9.56. The van der Waals surface area contributed by atoms with Gasteiger partial charge in [0.2, 0.25) is 0 Å². The van der Waals surface area contributed by atoms with Crippen molar-refractivity contribution < 1.29 is 0 Å². The third kappa shape index (κ3) is 3.01. The molecule has 3 N–H and O–H groups in total. The molecule has 0 spiro atoms. The Morgan fingerprint density at radius 2 is 1.88 bits per heavy atom. The van der Waals surface area contributed by atoms with Crippen LogP contribution in [0, 0.1) is 0 Å². The van der Waals surface area contributed by atoms with E-state index in [4.69, 9.17) is 5.73 Å². The number of nitrogens with two attached hydrogens (primary N) is 1. The maximum absolute atomic E-state index is 5.96. The second-order valence-corrected chi connectivity index (χ2v) is 6.21. The van der Waals surface area contributed by atoms with E-state index in [1.807, 2.05) is 0 Å². The largest absolute Gasteiger partial charge is 0.382 e. The number of benzene rings is 1. The molecule has 2 nitrogen and oxygen atoms in total. The summed E-state index contributed by atoms with van der Waals surface area (Å²) in [4.78, 5) is 0. The average molecular weight is 232 g/mol. The second kappa shape index (κ2) is 4.69. The predicted molar refractivity (Wildman–Crippen MR) is 74.4 cm³/mol. The van der Waals surface area contributed by atoms with E-state index in [-0.39, 0.29) is 5.41 Å². The van der Waals surface area contributed by atoms with Crippen molar-refractivity contribution in [3.63, 3.8) is 0 Å². The summed E-state index contributed by atoms with van der Waals surface area (Å²) in [5, 5.41) is 3.67. The van der Waals surface area contributed by atoms with E-state index in [0.29, 0.717) is 12.1 Å². The van der Waals surface area contributed by atoms with Crippen LogP contribution in [0.5, 0.6) is 0 Å². The van der Waals surface area contributed by atoms with Crippen molar-refractivity contribution >= 4 is 5.69 Å². The van der Waals surface area contributed by atoms with Gasteiger partial charge in [-0.1, -0.05) is 39.0 Å². The van der Waals surface area contributed by atoms with Crippen LogP contribution < -0.4 is 11.1 Å². The van der Waals surface area contributed by atoms with E-state index >= 15 is 0 Å². The number of hydrogen-bond donors (Lipinski definition) is 2. The molecule has 0 saturated heterocycles. The molecule has 0 aromatic heterocycles. The molecule has 0 aliphatic heterocycles. The van der Waals surface area contributed by atoms with Crippen LogP contribution in [-0.4, -0.2) is 12.1 Å². The number of nitrogens with one attached hydrogen (secondary N) is 1. The van der Waals surface area contributed by atoms with Gasteiger partial charge in [-0.15, -0.1) is 0 Å². The highest BCUT2D eigenvalue weighted by atomic mass is 14.9. The van der Waals surface area contributed by atoms with Crippen LogP contribution in [0.4, 0.5) is 5.69 Å². The molecule has 1 fully saturated rings. The van der Waals surface area contributed by atoms with Crippen molar-refractivity contribution in [2.45, 2.75) is 57.5 Å². The second-order valence-electron chi connectivity index (χ2n) is 6.21. The van der Waals surface area contributed by atoms with E-state index in [2.05, 4.69) is 50.4 Å². The summed E-state index contributed by atoms with van der Waals surface area (Å²) in [5.74, 6) is 0. The fraction of sp³-hybridized carbons (Fsp3) is 0.600. The topological polar surface area (TPSA) is 38.0 Å². The molecule has 0 heterocycles. The normalized spacial score (nSPS) is 24.9. The molecule has 17 heavy (non-hydrogen) atoms. The Labute approximate surface area is 105 Å². The molecule has 2 atom stereocenters. The summed E-state index contributed by atoms with van der Waals surface area (Å²) < 4.78 is 0. The van der Waals surface area contributed by atoms with Gasteiger partial charge in [-0.2, -0.15) is 0 Å². The zero-order valence-corrected chi connectivity index (χ0v) is 11.2. The Kier molecular flexibility index (Phi) is 3.43. The van der Waals surface area contributed by atoms with Gasteiger partial charge in [-0.05, 0) is 36.3 Å². The van der Waals surface area contributed by atoms with Gasteiger partial charge in [0.1, 0.15) is 0 Å². The summed E-state index contributed by atoms with van der Waals surface area (Å²) in [6.45, 7) is 6.77. The van der Waals surface area contributed by atoms with Gasteiger partial charge in [0.25, 0.3) is 0 Å².